The molecule has 1 aliphatic heterocycles. The van der Waals surface area contributed by atoms with E-state index in [0.717, 1.165) is 23.4 Å². The molecule has 1 atom stereocenters. The van der Waals surface area contributed by atoms with Crippen LogP contribution < -0.4 is 5.32 Å². The number of carbonyl (C=O) groups is 1. The molecule has 0 aliphatic carbocycles. The van der Waals surface area contributed by atoms with Crippen LogP contribution in [0.4, 0.5) is 13.2 Å². The van der Waals surface area contributed by atoms with Crippen LogP contribution in [0.2, 0.25) is 0 Å². The van der Waals surface area contributed by atoms with Crippen LogP contribution in [0, 0.1) is 6.92 Å². The number of hydrogen-bond acceptors (Lipinski definition) is 4. The molecular weight excluding hydrogens is 373 g/mol. The molecule has 1 N–H and O–H groups in total. The molecule has 152 valence electrons. The molecular formula is C19H23F3N4O2. The van der Waals surface area contributed by atoms with Crippen molar-refractivity contribution in [1.29, 1.82) is 0 Å². The summed E-state index contributed by atoms with van der Waals surface area (Å²) >= 11 is 0. The highest BCUT2D eigenvalue weighted by molar-refractivity contribution is 5.92. The third-order valence-corrected chi connectivity index (χ3v) is 4.80. The number of carbonyl (C=O) groups excluding carboxylic acids is 1. The Balaban J connectivity index is 1.77. The molecule has 1 aliphatic rings. The zero-order valence-corrected chi connectivity index (χ0v) is 15.8. The summed E-state index contributed by atoms with van der Waals surface area (Å²) in [6.45, 7) is 4.46. The Bertz CT molecular complexity index is 812. The van der Waals surface area contributed by atoms with E-state index in [1.54, 1.807) is 20.0 Å². The summed E-state index contributed by atoms with van der Waals surface area (Å²) in [7, 11) is 1.69. The largest absolute Gasteiger partial charge is 0.416 e. The summed E-state index contributed by atoms with van der Waals surface area (Å²) in [5.41, 5.74) is 1.20. The Hall–Kier alpha value is -2.39. The number of ether oxygens (including phenoxy) is 1. The molecule has 2 aromatic rings. The quantitative estimate of drug-likeness (QED) is 0.844. The van der Waals surface area contributed by atoms with E-state index in [1.165, 1.54) is 16.8 Å². The van der Waals surface area contributed by atoms with Crippen molar-refractivity contribution in [2.75, 3.05) is 32.8 Å². The van der Waals surface area contributed by atoms with Gasteiger partial charge in [-0.3, -0.25) is 14.4 Å². The molecule has 0 bridgehead atoms. The Labute approximate surface area is 161 Å². The van der Waals surface area contributed by atoms with E-state index in [4.69, 9.17) is 4.74 Å². The lowest BCUT2D eigenvalue weighted by Gasteiger charge is -2.35. The molecule has 2 heterocycles. The predicted octanol–water partition coefficient (Wildman–Crippen LogP) is 2.55. The maximum absolute atomic E-state index is 12.9. The van der Waals surface area contributed by atoms with Gasteiger partial charge in [-0.25, -0.2) is 0 Å². The van der Waals surface area contributed by atoms with Crippen molar-refractivity contribution >= 4 is 5.91 Å². The predicted molar refractivity (Wildman–Crippen MR) is 96.9 cm³/mol. The first kappa shape index (κ1) is 20.3. The number of alkyl halides is 3. The number of nitrogens with one attached hydrogen (secondary N) is 1. The fourth-order valence-corrected chi connectivity index (χ4v) is 3.34. The van der Waals surface area contributed by atoms with Crippen LogP contribution in [-0.4, -0.2) is 53.4 Å². The van der Waals surface area contributed by atoms with E-state index >= 15 is 0 Å². The van der Waals surface area contributed by atoms with Crippen molar-refractivity contribution in [3.8, 4) is 0 Å². The Morgan fingerprint density at radius 3 is 2.43 bits per heavy atom. The molecule has 3 rings (SSSR count). The lowest BCUT2D eigenvalue weighted by molar-refractivity contribution is -0.137. The number of nitrogens with zero attached hydrogens (tertiary/aromatic N) is 3. The lowest BCUT2D eigenvalue weighted by atomic mass is 10.0. The topological polar surface area (TPSA) is 59.4 Å². The first-order valence-electron chi connectivity index (χ1n) is 9.03. The molecule has 1 unspecified atom stereocenters. The van der Waals surface area contributed by atoms with Crippen molar-refractivity contribution in [2.24, 2.45) is 7.05 Å². The average Bonchev–Trinajstić information content (AvgIpc) is 3.00. The minimum atomic E-state index is -4.38. The van der Waals surface area contributed by atoms with E-state index in [9.17, 15) is 18.0 Å². The Morgan fingerprint density at radius 2 is 1.89 bits per heavy atom. The summed E-state index contributed by atoms with van der Waals surface area (Å²) < 4.78 is 45.5. The maximum Gasteiger partial charge on any atom is 0.416 e. The van der Waals surface area contributed by atoms with Crippen LogP contribution in [0.1, 0.15) is 33.4 Å². The third-order valence-electron chi connectivity index (χ3n) is 4.80. The zero-order chi connectivity index (χ0) is 20.3. The van der Waals surface area contributed by atoms with Gasteiger partial charge >= 0.3 is 6.18 Å². The summed E-state index contributed by atoms with van der Waals surface area (Å²) in [4.78, 5) is 14.6. The van der Waals surface area contributed by atoms with Gasteiger partial charge in [-0.1, -0.05) is 12.1 Å². The fourth-order valence-electron chi connectivity index (χ4n) is 3.34. The van der Waals surface area contributed by atoms with Gasteiger partial charge in [-0.2, -0.15) is 18.3 Å². The minimum Gasteiger partial charge on any atom is -0.379 e. The molecule has 0 saturated carbocycles. The first-order chi connectivity index (χ1) is 13.3. The Morgan fingerprint density at radius 1 is 1.25 bits per heavy atom. The van der Waals surface area contributed by atoms with Crippen LogP contribution in [0.3, 0.4) is 0 Å². The third kappa shape index (κ3) is 4.71. The highest BCUT2D eigenvalue weighted by atomic mass is 19.4. The number of morpholine rings is 1. The number of amides is 1. The molecule has 1 aromatic carbocycles. The lowest BCUT2D eigenvalue weighted by Crippen LogP contribution is -2.44. The first-order valence-corrected chi connectivity index (χ1v) is 9.03. The zero-order valence-electron chi connectivity index (χ0n) is 15.8. The van der Waals surface area contributed by atoms with Crippen LogP contribution in [0.25, 0.3) is 0 Å². The van der Waals surface area contributed by atoms with Gasteiger partial charge < -0.3 is 10.1 Å². The highest BCUT2D eigenvalue weighted by Gasteiger charge is 2.31. The van der Waals surface area contributed by atoms with Crippen molar-refractivity contribution in [3.63, 3.8) is 0 Å². The van der Waals surface area contributed by atoms with Crippen LogP contribution in [0.5, 0.6) is 0 Å². The van der Waals surface area contributed by atoms with Gasteiger partial charge in [0, 0.05) is 26.7 Å². The summed E-state index contributed by atoms with van der Waals surface area (Å²) in [5, 5.41) is 7.05. The van der Waals surface area contributed by atoms with Crippen LogP contribution in [0.15, 0.2) is 30.3 Å². The molecule has 0 radical (unpaired) electrons. The van der Waals surface area contributed by atoms with Gasteiger partial charge in [0.25, 0.3) is 5.91 Å². The standard InChI is InChI=1S/C19H23F3N4O2/c1-13-11-16(25(2)24-13)18(27)23-12-17(26-7-9-28-10-8-26)14-3-5-15(6-4-14)19(20,21)22/h3-6,11,17H,7-10,12H2,1-2H3,(H,23,27). The number of aryl methyl sites for hydroxylation is 2. The van der Waals surface area contributed by atoms with Crippen molar-refractivity contribution in [3.05, 3.63) is 52.8 Å². The van der Waals surface area contributed by atoms with Crippen molar-refractivity contribution in [2.45, 2.75) is 19.1 Å². The number of aromatic nitrogens is 2. The van der Waals surface area contributed by atoms with Gasteiger partial charge in [-0.05, 0) is 30.7 Å². The average molecular weight is 396 g/mol. The van der Waals surface area contributed by atoms with E-state index in [0.29, 0.717) is 32.0 Å². The maximum atomic E-state index is 12.9. The van der Waals surface area contributed by atoms with E-state index in [1.807, 2.05) is 0 Å². The van der Waals surface area contributed by atoms with Gasteiger partial charge in [0.2, 0.25) is 0 Å². The molecule has 1 aromatic heterocycles. The number of benzene rings is 1. The summed E-state index contributed by atoms with van der Waals surface area (Å²) in [6, 6.07) is 6.55. The summed E-state index contributed by atoms with van der Waals surface area (Å²) in [6.07, 6.45) is -4.38. The SMILES string of the molecule is Cc1cc(C(=O)NCC(c2ccc(C(F)(F)F)cc2)N2CCOCC2)n(C)n1. The van der Waals surface area contributed by atoms with Crippen molar-refractivity contribution in [1.82, 2.24) is 20.0 Å². The van der Waals surface area contributed by atoms with E-state index in [-0.39, 0.29) is 18.5 Å². The molecule has 1 saturated heterocycles. The molecule has 9 heteroatoms. The monoisotopic (exact) mass is 396 g/mol. The molecule has 0 spiro atoms. The number of hydrogen-bond donors (Lipinski definition) is 1. The highest BCUT2D eigenvalue weighted by Crippen LogP contribution is 2.31. The molecule has 1 amide bonds. The molecule has 1 fully saturated rings. The fraction of sp³-hybridized carbons (Fsp3) is 0.474. The second-order valence-electron chi connectivity index (χ2n) is 6.79. The van der Waals surface area contributed by atoms with Gasteiger partial charge in [0.1, 0.15) is 5.69 Å². The van der Waals surface area contributed by atoms with Gasteiger partial charge in [0.15, 0.2) is 0 Å². The number of halogens is 3. The van der Waals surface area contributed by atoms with Crippen LogP contribution in [-0.2, 0) is 18.0 Å². The van der Waals surface area contributed by atoms with Gasteiger partial charge in [-0.15, -0.1) is 0 Å². The number of rotatable bonds is 5. The normalized spacial score (nSPS) is 16.8. The molecule has 6 nitrogen and oxygen atoms in total. The van der Waals surface area contributed by atoms with Crippen LogP contribution >= 0.6 is 0 Å². The van der Waals surface area contributed by atoms with E-state index in [2.05, 4.69) is 15.3 Å². The van der Waals surface area contributed by atoms with Crippen molar-refractivity contribution < 1.29 is 22.7 Å². The van der Waals surface area contributed by atoms with Gasteiger partial charge in [0.05, 0.1) is 30.5 Å². The minimum absolute atomic E-state index is 0.246. The second-order valence-corrected chi connectivity index (χ2v) is 6.79. The smallest absolute Gasteiger partial charge is 0.379 e. The Kier molecular flexibility index (Phi) is 6.04. The van der Waals surface area contributed by atoms with E-state index < -0.39 is 11.7 Å². The summed E-state index contributed by atoms with van der Waals surface area (Å²) in [5.74, 6) is -0.270. The molecule has 28 heavy (non-hydrogen) atoms. The second kappa shape index (κ2) is 8.32.